The molecule has 0 atom stereocenters. The van der Waals surface area contributed by atoms with Crippen LogP contribution in [0.5, 0.6) is 0 Å². The second-order valence-corrected chi connectivity index (χ2v) is 5.98. The number of aliphatic carboxylic acids is 1. The maximum Gasteiger partial charge on any atom is 0.324 e. The summed E-state index contributed by atoms with van der Waals surface area (Å²) in [5, 5.41) is 9.71. The van der Waals surface area contributed by atoms with Crippen LogP contribution >= 0.6 is 0 Å². The topological polar surface area (TPSA) is 43.8 Å². The lowest BCUT2D eigenvalue weighted by Gasteiger charge is -2.47. The van der Waals surface area contributed by atoms with Crippen LogP contribution in [0.4, 0.5) is 0 Å². The Labute approximate surface area is 110 Å². The molecule has 2 fully saturated rings. The number of carboxylic acid groups (broad SMARTS) is 1. The Kier molecular flexibility index (Phi) is 4.28. The summed E-state index contributed by atoms with van der Waals surface area (Å²) in [6, 6.07) is 0. The Hall–Kier alpha value is -0.610. The summed E-state index contributed by atoms with van der Waals surface area (Å²) in [7, 11) is 2.11. The molecule has 1 aliphatic heterocycles. The molecule has 18 heavy (non-hydrogen) atoms. The van der Waals surface area contributed by atoms with Crippen LogP contribution in [0.25, 0.3) is 0 Å². The largest absolute Gasteiger partial charge is 0.480 e. The van der Waals surface area contributed by atoms with Gasteiger partial charge in [0.25, 0.3) is 0 Å². The standard InChI is InChI=1S/C14H26N2O2/c1-3-12-4-6-14(7-5-12,13(17)18)16-10-8-15(2)9-11-16/h12H,3-11H2,1-2H3,(H,17,18). The van der Waals surface area contributed by atoms with Gasteiger partial charge in [-0.1, -0.05) is 13.3 Å². The van der Waals surface area contributed by atoms with Gasteiger partial charge in [-0.3, -0.25) is 9.69 Å². The van der Waals surface area contributed by atoms with Gasteiger partial charge in [0.05, 0.1) is 0 Å². The van der Waals surface area contributed by atoms with E-state index in [1.807, 2.05) is 0 Å². The van der Waals surface area contributed by atoms with Crippen LogP contribution in [0, 0.1) is 5.92 Å². The van der Waals surface area contributed by atoms with Gasteiger partial charge in [0.15, 0.2) is 0 Å². The summed E-state index contributed by atoms with van der Waals surface area (Å²) in [6.45, 7) is 6.01. The third-order valence-electron chi connectivity index (χ3n) is 5.02. The van der Waals surface area contributed by atoms with Crippen LogP contribution in [0.1, 0.15) is 39.0 Å². The Bertz CT molecular complexity index is 290. The fourth-order valence-corrected chi connectivity index (χ4v) is 3.46. The lowest BCUT2D eigenvalue weighted by Crippen LogP contribution is -2.61. The van der Waals surface area contributed by atoms with E-state index in [1.165, 1.54) is 6.42 Å². The number of carbonyl (C=O) groups is 1. The molecule has 0 amide bonds. The summed E-state index contributed by atoms with van der Waals surface area (Å²) in [5.41, 5.74) is -0.563. The van der Waals surface area contributed by atoms with Crippen molar-refractivity contribution in [3.63, 3.8) is 0 Å². The molecule has 4 nitrogen and oxygen atoms in total. The van der Waals surface area contributed by atoms with Crippen LogP contribution in [0.15, 0.2) is 0 Å². The average molecular weight is 254 g/mol. The smallest absolute Gasteiger partial charge is 0.324 e. The molecule has 1 heterocycles. The minimum absolute atomic E-state index is 0.563. The molecule has 1 aliphatic carbocycles. The predicted octanol–water partition coefficient (Wildman–Crippen LogP) is 1.66. The van der Waals surface area contributed by atoms with Crippen molar-refractivity contribution in [1.82, 2.24) is 9.80 Å². The fourth-order valence-electron chi connectivity index (χ4n) is 3.46. The molecule has 2 rings (SSSR count). The number of carboxylic acids is 1. The highest BCUT2D eigenvalue weighted by Crippen LogP contribution is 2.38. The number of likely N-dealkylation sites (N-methyl/N-ethyl adjacent to an activating group) is 1. The Morgan fingerprint density at radius 1 is 1.22 bits per heavy atom. The summed E-state index contributed by atoms with van der Waals surface area (Å²) >= 11 is 0. The van der Waals surface area contributed by atoms with Gasteiger partial charge in [-0.05, 0) is 38.6 Å². The van der Waals surface area contributed by atoms with Crippen LogP contribution in [-0.4, -0.2) is 59.6 Å². The van der Waals surface area contributed by atoms with E-state index in [-0.39, 0.29) is 0 Å². The van der Waals surface area contributed by atoms with Gasteiger partial charge in [0.2, 0.25) is 0 Å². The first-order valence-electron chi connectivity index (χ1n) is 7.25. The molecule has 4 heteroatoms. The molecule has 0 aromatic heterocycles. The zero-order valence-corrected chi connectivity index (χ0v) is 11.7. The second-order valence-electron chi connectivity index (χ2n) is 5.98. The predicted molar refractivity (Wildman–Crippen MR) is 71.7 cm³/mol. The van der Waals surface area contributed by atoms with Crippen molar-refractivity contribution in [2.45, 2.75) is 44.6 Å². The fraction of sp³-hybridized carbons (Fsp3) is 0.929. The minimum Gasteiger partial charge on any atom is -0.480 e. The van der Waals surface area contributed by atoms with Gasteiger partial charge in [-0.2, -0.15) is 0 Å². The monoisotopic (exact) mass is 254 g/mol. The third kappa shape index (κ3) is 2.54. The molecule has 0 spiro atoms. The summed E-state index contributed by atoms with van der Waals surface area (Å²) in [5.74, 6) is 0.145. The molecule has 0 unspecified atom stereocenters. The maximum absolute atomic E-state index is 11.8. The van der Waals surface area contributed by atoms with E-state index in [2.05, 4.69) is 23.8 Å². The summed E-state index contributed by atoms with van der Waals surface area (Å²) in [4.78, 5) is 16.3. The van der Waals surface area contributed by atoms with Gasteiger partial charge in [0.1, 0.15) is 5.54 Å². The first kappa shape index (κ1) is 13.8. The molecule has 2 aliphatic rings. The molecule has 104 valence electrons. The number of nitrogens with zero attached hydrogens (tertiary/aromatic N) is 2. The van der Waals surface area contributed by atoms with E-state index in [0.29, 0.717) is 0 Å². The number of rotatable bonds is 3. The minimum atomic E-state index is -0.596. The highest BCUT2D eigenvalue weighted by molar-refractivity contribution is 5.79. The number of piperazine rings is 1. The van der Waals surface area contributed by atoms with Gasteiger partial charge in [-0.15, -0.1) is 0 Å². The lowest BCUT2D eigenvalue weighted by atomic mass is 9.74. The highest BCUT2D eigenvalue weighted by atomic mass is 16.4. The maximum atomic E-state index is 11.8. The van der Waals surface area contributed by atoms with Crippen molar-refractivity contribution >= 4 is 5.97 Å². The van der Waals surface area contributed by atoms with Crippen LogP contribution in [0.2, 0.25) is 0 Å². The first-order valence-corrected chi connectivity index (χ1v) is 7.25. The van der Waals surface area contributed by atoms with E-state index in [0.717, 1.165) is 57.8 Å². The SMILES string of the molecule is CCC1CCC(C(=O)O)(N2CCN(C)CC2)CC1. The van der Waals surface area contributed by atoms with Crippen molar-refractivity contribution in [3.05, 3.63) is 0 Å². The van der Waals surface area contributed by atoms with E-state index < -0.39 is 11.5 Å². The van der Waals surface area contributed by atoms with Gasteiger partial charge < -0.3 is 10.0 Å². The molecule has 1 saturated carbocycles. The van der Waals surface area contributed by atoms with Crippen molar-refractivity contribution in [2.24, 2.45) is 5.92 Å². The van der Waals surface area contributed by atoms with Gasteiger partial charge >= 0.3 is 5.97 Å². The molecule has 1 N–H and O–H groups in total. The van der Waals surface area contributed by atoms with Crippen molar-refractivity contribution in [3.8, 4) is 0 Å². The van der Waals surface area contributed by atoms with Gasteiger partial charge in [0, 0.05) is 26.2 Å². The van der Waals surface area contributed by atoms with Gasteiger partial charge in [-0.25, -0.2) is 0 Å². The second kappa shape index (κ2) is 5.57. The highest BCUT2D eigenvalue weighted by Gasteiger charge is 2.46. The summed E-state index contributed by atoms with van der Waals surface area (Å²) in [6.07, 6.45) is 5.03. The van der Waals surface area contributed by atoms with Crippen molar-refractivity contribution < 1.29 is 9.90 Å². The third-order valence-corrected chi connectivity index (χ3v) is 5.02. The Morgan fingerprint density at radius 2 is 1.78 bits per heavy atom. The molecule has 1 saturated heterocycles. The molecular weight excluding hydrogens is 228 g/mol. The molecule has 0 aromatic carbocycles. The molecular formula is C14H26N2O2. The molecule has 0 bridgehead atoms. The zero-order valence-electron chi connectivity index (χ0n) is 11.7. The quantitative estimate of drug-likeness (QED) is 0.832. The Balaban J connectivity index is 2.06. The lowest BCUT2D eigenvalue weighted by molar-refractivity contribution is -0.156. The summed E-state index contributed by atoms with van der Waals surface area (Å²) < 4.78 is 0. The zero-order chi connectivity index (χ0) is 13.2. The van der Waals surface area contributed by atoms with Crippen molar-refractivity contribution in [2.75, 3.05) is 33.2 Å². The number of hydrogen-bond donors (Lipinski definition) is 1. The van der Waals surface area contributed by atoms with Crippen LogP contribution < -0.4 is 0 Å². The van der Waals surface area contributed by atoms with Crippen molar-refractivity contribution in [1.29, 1.82) is 0 Å². The van der Waals surface area contributed by atoms with E-state index in [4.69, 9.17) is 0 Å². The van der Waals surface area contributed by atoms with Crippen LogP contribution in [0.3, 0.4) is 0 Å². The average Bonchev–Trinajstić information content (AvgIpc) is 2.39. The normalized spacial score (nSPS) is 35.6. The molecule has 0 aromatic rings. The van der Waals surface area contributed by atoms with E-state index in [1.54, 1.807) is 0 Å². The first-order chi connectivity index (χ1) is 8.58. The molecule has 0 radical (unpaired) electrons. The number of hydrogen-bond acceptors (Lipinski definition) is 3. The Morgan fingerprint density at radius 3 is 2.22 bits per heavy atom. The van der Waals surface area contributed by atoms with Crippen LogP contribution in [-0.2, 0) is 4.79 Å². The van der Waals surface area contributed by atoms with E-state index >= 15 is 0 Å². The van der Waals surface area contributed by atoms with E-state index in [9.17, 15) is 9.90 Å².